The number of para-hydroxylation sites is 1. The van der Waals surface area contributed by atoms with Gasteiger partial charge in [-0.15, -0.1) is 0 Å². The van der Waals surface area contributed by atoms with Crippen molar-refractivity contribution in [1.82, 2.24) is 10.3 Å². The number of nitrogens with one attached hydrogen (secondary N) is 1. The largest absolute Gasteiger partial charge is 0.409 e. The summed E-state index contributed by atoms with van der Waals surface area (Å²) in [6.07, 6.45) is -4.34. The van der Waals surface area contributed by atoms with Crippen molar-refractivity contribution in [2.75, 3.05) is 7.05 Å². The minimum atomic E-state index is -4.34. The third-order valence-electron chi connectivity index (χ3n) is 2.53. The first kappa shape index (κ1) is 11.9. The molecule has 0 saturated carbocycles. The van der Waals surface area contributed by atoms with Crippen molar-refractivity contribution in [2.24, 2.45) is 0 Å². The number of hydrogen-bond acceptors (Lipinski definition) is 2. The Hall–Kier alpha value is -1.62. The predicted octanol–water partition coefficient (Wildman–Crippen LogP) is 3.06. The average Bonchev–Trinajstić information content (AvgIpc) is 2.28. The Bertz CT molecular complexity index is 522. The fourth-order valence-corrected chi connectivity index (χ4v) is 1.72. The lowest BCUT2D eigenvalue weighted by atomic mass is 10.1. The van der Waals surface area contributed by atoms with E-state index in [0.29, 0.717) is 5.52 Å². The standard InChI is InChI=1S/C12H11F3N2/c1-16-11(12(13,14)15)10-7-6-8-4-2-3-5-9(8)17-10/h2-7,11,16H,1H3. The molecule has 0 amide bonds. The number of fused-ring (bicyclic) bond motifs is 1. The quantitative estimate of drug-likeness (QED) is 0.872. The van der Waals surface area contributed by atoms with Crippen molar-refractivity contribution in [1.29, 1.82) is 0 Å². The molecule has 2 rings (SSSR count). The third kappa shape index (κ3) is 2.39. The van der Waals surface area contributed by atoms with Crippen LogP contribution in [0.5, 0.6) is 0 Å². The molecule has 1 N–H and O–H groups in total. The van der Waals surface area contributed by atoms with E-state index in [1.54, 1.807) is 18.2 Å². The first-order valence-electron chi connectivity index (χ1n) is 5.12. The van der Waals surface area contributed by atoms with Crippen molar-refractivity contribution in [3.05, 3.63) is 42.1 Å². The van der Waals surface area contributed by atoms with Crippen LogP contribution in [0.2, 0.25) is 0 Å². The third-order valence-corrected chi connectivity index (χ3v) is 2.53. The molecule has 1 unspecified atom stereocenters. The van der Waals surface area contributed by atoms with Gasteiger partial charge in [0.1, 0.15) is 6.04 Å². The van der Waals surface area contributed by atoms with Crippen LogP contribution in [0, 0.1) is 0 Å². The van der Waals surface area contributed by atoms with E-state index >= 15 is 0 Å². The molecule has 1 heterocycles. The lowest BCUT2D eigenvalue weighted by molar-refractivity contribution is -0.157. The van der Waals surface area contributed by atoms with E-state index in [4.69, 9.17) is 0 Å². The molecule has 2 aromatic rings. The zero-order valence-corrected chi connectivity index (χ0v) is 9.12. The van der Waals surface area contributed by atoms with Crippen LogP contribution < -0.4 is 5.32 Å². The molecule has 1 atom stereocenters. The minimum absolute atomic E-state index is 0.0151. The summed E-state index contributed by atoms with van der Waals surface area (Å²) < 4.78 is 38.1. The molecule has 1 aromatic carbocycles. The number of aromatic nitrogens is 1. The van der Waals surface area contributed by atoms with E-state index in [1.807, 2.05) is 12.1 Å². The smallest absolute Gasteiger partial charge is 0.304 e. The fraction of sp³-hybridized carbons (Fsp3) is 0.250. The zero-order valence-electron chi connectivity index (χ0n) is 9.12. The van der Waals surface area contributed by atoms with Gasteiger partial charge < -0.3 is 5.32 Å². The highest BCUT2D eigenvalue weighted by Gasteiger charge is 2.40. The summed E-state index contributed by atoms with van der Waals surface area (Å²) >= 11 is 0. The molecule has 17 heavy (non-hydrogen) atoms. The van der Waals surface area contributed by atoms with Crippen molar-refractivity contribution in [3.8, 4) is 0 Å². The SMILES string of the molecule is CNC(c1ccc2ccccc2n1)C(F)(F)F. The number of benzene rings is 1. The van der Waals surface area contributed by atoms with Gasteiger partial charge in [0.2, 0.25) is 0 Å². The summed E-state index contributed by atoms with van der Waals surface area (Å²) in [4.78, 5) is 4.03. The Morgan fingerprint density at radius 2 is 1.82 bits per heavy atom. The highest BCUT2D eigenvalue weighted by Crippen LogP contribution is 2.31. The highest BCUT2D eigenvalue weighted by atomic mass is 19.4. The second kappa shape index (κ2) is 4.33. The Morgan fingerprint density at radius 1 is 1.12 bits per heavy atom. The van der Waals surface area contributed by atoms with E-state index in [1.165, 1.54) is 13.1 Å². The minimum Gasteiger partial charge on any atom is -0.304 e. The molecule has 1 aromatic heterocycles. The summed E-state index contributed by atoms with van der Waals surface area (Å²) in [7, 11) is 1.27. The Balaban J connectivity index is 2.48. The number of rotatable bonds is 2. The van der Waals surface area contributed by atoms with E-state index in [0.717, 1.165) is 5.39 Å². The number of hydrogen-bond donors (Lipinski definition) is 1. The number of halogens is 3. The van der Waals surface area contributed by atoms with E-state index in [-0.39, 0.29) is 5.69 Å². The molecule has 2 nitrogen and oxygen atoms in total. The van der Waals surface area contributed by atoms with Crippen LogP contribution >= 0.6 is 0 Å². The summed E-state index contributed by atoms with van der Waals surface area (Å²) in [5, 5.41) is 3.06. The zero-order chi connectivity index (χ0) is 12.5. The highest BCUT2D eigenvalue weighted by molar-refractivity contribution is 5.78. The lowest BCUT2D eigenvalue weighted by Crippen LogP contribution is -2.32. The maximum Gasteiger partial charge on any atom is 0.409 e. The predicted molar refractivity (Wildman–Crippen MR) is 59.6 cm³/mol. The molecule has 0 fully saturated rings. The van der Waals surface area contributed by atoms with Gasteiger partial charge in [-0.2, -0.15) is 13.2 Å². The maximum absolute atomic E-state index is 12.7. The first-order valence-corrected chi connectivity index (χ1v) is 5.12. The Labute approximate surface area is 96.5 Å². The average molecular weight is 240 g/mol. The number of pyridine rings is 1. The summed E-state index contributed by atoms with van der Waals surface area (Å²) in [6, 6.07) is 8.40. The van der Waals surface area contributed by atoms with Crippen LogP contribution in [0.3, 0.4) is 0 Å². The normalized spacial score (nSPS) is 13.9. The van der Waals surface area contributed by atoms with Gasteiger partial charge in [0.05, 0.1) is 11.2 Å². The van der Waals surface area contributed by atoms with Crippen LogP contribution in [0.25, 0.3) is 10.9 Å². The second-order valence-electron chi connectivity index (χ2n) is 3.69. The van der Waals surface area contributed by atoms with Gasteiger partial charge in [-0.25, -0.2) is 0 Å². The van der Waals surface area contributed by atoms with Crippen LogP contribution in [-0.4, -0.2) is 18.2 Å². The molecule has 0 aliphatic carbocycles. The molecular weight excluding hydrogens is 229 g/mol. The Morgan fingerprint density at radius 3 is 2.47 bits per heavy atom. The van der Waals surface area contributed by atoms with Gasteiger partial charge in [-0.3, -0.25) is 4.98 Å². The van der Waals surface area contributed by atoms with Gasteiger partial charge in [0.25, 0.3) is 0 Å². The van der Waals surface area contributed by atoms with E-state index < -0.39 is 12.2 Å². The van der Waals surface area contributed by atoms with Crippen molar-refractivity contribution < 1.29 is 13.2 Å². The Kier molecular flexibility index (Phi) is 3.02. The summed E-state index contributed by atoms with van der Waals surface area (Å²) in [5.74, 6) is 0. The first-order chi connectivity index (χ1) is 8.02. The fourth-order valence-electron chi connectivity index (χ4n) is 1.72. The van der Waals surface area contributed by atoms with Crippen molar-refractivity contribution in [3.63, 3.8) is 0 Å². The van der Waals surface area contributed by atoms with E-state index in [2.05, 4.69) is 10.3 Å². The van der Waals surface area contributed by atoms with Crippen molar-refractivity contribution in [2.45, 2.75) is 12.2 Å². The van der Waals surface area contributed by atoms with Crippen LogP contribution in [0.4, 0.5) is 13.2 Å². The molecule has 90 valence electrons. The van der Waals surface area contributed by atoms with Crippen LogP contribution in [0.1, 0.15) is 11.7 Å². The molecule has 0 aliphatic heterocycles. The summed E-state index contributed by atoms with van der Waals surface area (Å²) in [6.45, 7) is 0. The van der Waals surface area contributed by atoms with Gasteiger partial charge in [-0.1, -0.05) is 24.3 Å². The molecule has 5 heteroatoms. The topological polar surface area (TPSA) is 24.9 Å². The summed E-state index contributed by atoms with van der Waals surface area (Å²) in [5.41, 5.74) is 0.549. The van der Waals surface area contributed by atoms with Crippen LogP contribution in [0.15, 0.2) is 36.4 Å². The molecule has 0 radical (unpaired) electrons. The monoisotopic (exact) mass is 240 g/mol. The number of alkyl halides is 3. The lowest BCUT2D eigenvalue weighted by Gasteiger charge is -2.19. The number of nitrogens with zero attached hydrogens (tertiary/aromatic N) is 1. The van der Waals surface area contributed by atoms with Gasteiger partial charge in [0, 0.05) is 5.39 Å². The van der Waals surface area contributed by atoms with Gasteiger partial charge >= 0.3 is 6.18 Å². The van der Waals surface area contributed by atoms with Gasteiger partial charge in [-0.05, 0) is 19.2 Å². The van der Waals surface area contributed by atoms with Crippen LogP contribution in [-0.2, 0) is 0 Å². The second-order valence-corrected chi connectivity index (χ2v) is 3.69. The van der Waals surface area contributed by atoms with E-state index in [9.17, 15) is 13.2 Å². The molecule has 0 aliphatic rings. The molecular formula is C12H11F3N2. The van der Waals surface area contributed by atoms with Gasteiger partial charge in [0.15, 0.2) is 0 Å². The van der Waals surface area contributed by atoms with Crippen molar-refractivity contribution >= 4 is 10.9 Å². The molecule has 0 spiro atoms. The molecule has 0 saturated heterocycles. The molecule has 0 bridgehead atoms. The maximum atomic E-state index is 12.7.